The highest BCUT2D eigenvalue weighted by molar-refractivity contribution is 6.42. The Kier molecular flexibility index (Phi) is 3.91. The van der Waals surface area contributed by atoms with Crippen LogP contribution in [0.3, 0.4) is 0 Å². The summed E-state index contributed by atoms with van der Waals surface area (Å²) < 4.78 is 0. The Bertz CT molecular complexity index is 683. The zero-order valence-corrected chi connectivity index (χ0v) is 13.0. The number of benzene rings is 1. The molecule has 0 saturated heterocycles. The number of amides is 1. The van der Waals surface area contributed by atoms with E-state index in [2.05, 4.69) is 15.5 Å². The lowest BCUT2D eigenvalue weighted by atomic mass is 10.1. The molecule has 21 heavy (non-hydrogen) atoms. The van der Waals surface area contributed by atoms with E-state index in [9.17, 15) is 4.79 Å². The van der Waals surface area contributed by atoms with Crippen molar-refractivity contribution in [2.75, 3.05) is 0 Å². The smallest absolute Gasteiger partial charge is 0.224 e. The molecule has 2 aromatic rings. The number of hydrogen-bond acceptors (Lipinski definition) is 2. The van der Waals surface area contributed by atoms with E-state index in [1.165, 1.54) is 0 Å². The standard InChI is InChI=1S/C15H15Cl2N3O/c1-8-10(7-19-20-8)6-18-15(21)12-5-11(12)9-2-3-13(16)14(17)4-9/h2-4,7,11-12H,5-6H2,1H3,(H,18,21)(H,19,20)/t11-,12-/m1/s1. The van der Waals surface area contributed by atoms with Crippen molar-refractivity contribution in [1.29, 1.82) is 0 Å². The van der Waals surface area contributed by atoms with Crippen LogP contribution in [0.1, 0.15) is 29.2 Å². The van der Waals surface area contributed by atoms with Gasteiger partial charge in [0, 0.05) is 23.7 Å². The van der Waals surface area contributed by atoms with E-state index in [-0.39, 0.29) is 17.7 Å². The van der Waals surface area contributed by atoms with Gasteiger partial charge >= 0.3 is 0 Å². The molecule has 1 fully saturated rings. The molecule has 1 heterocycles. The average Bonchev–Trinajstić information content (AvgIpc) is 3.16. The molecule has 0 aliphatic heterocycles. The summed E-state index contributed by atoms with van der Waals surface area (Å²) in [5.74, 6) is 0.339. The minimum absolute atomic E-state index is 0.0226. The Hall–Kier alpha value is -1.52. The van der Waals surface area contributed by atoms with Crippen LogP contribution in [0.25, 0.3) is 0 Å². The van der Waals surface area contributed by atoms with Crippen LogP contribution in [0.4, 0.5) is 0 Å². The maximum atomic E-state index is 12.1. The summed E-state index contributed by atoms with van der Waals surface area (Å²) in [5, 5.41) is 10.8. The SMILES string of the molecule is Cc1[nH]ncc1CNC(=O)[C@@H]1C[C@@H]1c1ccc(Cl)c(Cl)c1. The van der Waals surface area contributed by atoms with Gasteiger partial charge in [-0.3, -0.25) is 9.89 Å². The highest BCUT2D eigenvalue weighted by Crippen LogP contribution is 2.48. The largest absolute Gasteiger partial charge is 0.352 e. The highest BCUT2D eigenvalue weighted by atomic mass is 35.5. The minimum atomic E-state index is 0.0226. The molecule has 1 aromatic heterocycles. The van der Waals surface area contributed by atoms with Gasteiger partial charge in [-0.05, 0) is 37.0 Å². The Morgan fingerprint density at radius 1 is 1.43 bits per heavy atom. The lowest BCUT2D eigenvalue weighted by molar-refractivity contribution is -0.122. The first-order valence-electron chi connectivity index (χ1n) is 6.77. The first kappa shape index (κ1) is 14.4. The predicted molar refractivity (Wildman–Crippen MR) is 82.5 cm³/mol. The molecular formula is C15H15Cl2N3O. The summed E-state index contributed by atoms with van der Waals surface area (Å²) in [7, 11) is 0. The number of hydrogen-bond donors (Lipinski definition) is 2. The van der Waals surface area contributed by atoms with Gasteiger partial charge in [-0.15, -0.1) is 0 Å². The van der Waals surface area contributed by atoms with Gasteiger partial charge in [-0.1, -0.05) is 29.3 Å². The van der Waals surface area contributed by atoms with Crippen LogP contribution in [0, 0.1) is 12.8 Å². The molecule has 3 rings (SSSR count). The van der Waals surface area contributed by atoms with Crippen molar-refractivity contribution in [3.8, 4) is 0 Å². The first-order chi connectivity index (χ1) is 10.1. The molecule has 1 amide bonds. The van der Waals surface area contributed by atoms with Crippen LogP contribution in [0.5, 0.6) is 0 Å². The van der Waals surface area contributed by atoms with E-state index in [4.69, 9.17) is 23.2 Å². The van der Waals surface area contributed by atoms with E-state index in [0.717, 1.165) is 23.2 Å². The van der Waals surface area contributed by atoms with E-state index in [1.807, 2.05) is 19.1 Å². The van der Waals surface area contributed by atoms with Gasteiger partial charge in [0.2, 0.25) is 5.91 Å². The third kappa shape index (κ3) is 3.06. The van der Waals surface area contributed by atoms with Crippen LogP contribution in [0.15, 0.2) is 24.4 Å². The molecule has 1 saturated carbocycles. The zero-order valence-electron chi connectivity index (χ0n) is 11.5. The summed E-state index contributed by atoms with van der Waals surface area (Å²) in [6.07, 6.45) is 2.59. The summed E-state index contributed by atoms with van der Waals surface area (Å²) >= 11 is 11.9. The number of carbonyl (C=O) groups excluding carboxylic acids is 1. The summed E-state index contributed by atoms with van der Waals surface area (Å²) in [6, 6.07) is 5.57. The minimum Gasteiger partial charge on any atom is -0.352 e. The lowest BCUT2D eigenvalue weighted by Crippen LogP contribution is -2.25. The van der Waals surface area contributed by atoms with E-state index < -0.39 is 0 Å². The van der Waals surface area contributed by atoms with Gasteiger partial charge in [-0.2, -0.15) is 5.10 Å². The number of aromatic nitrogens is 2. The van der Waals surface area contributed by atoms with Crippen LogP contribution >= 0.6 is 23.2 Å². The Balaban J connectivity index is 1.58. The molecule has 0 bridgehead atoms. The van der Waals surface area contributed by atoms with Crippen molar-refractivity contribution in [1.82, 2.24) is 15.5 Å². The molecule has 0 spiro atoms. The Labute approximate surface area is 132 Å². The van der Waals surface area contributed by atoms with Gasteiger partial charge in [-0.25, -0.2) is 0 Å². The molecule has 1 aromatic carbocycles. The van der Waals surface area contributed by atoms with Crippen molar-refractivity contribution in [3.63, 3.8) is 0 Å². The van der Waals surface area contributed by atoms with E-state index in [0.29, 0.717) is 16.6 Å². The molecular weight excluding hydrogens is 309 g/mol. The van der Waals surface area contributed by atoms with Gasteiger partial charge in [0.1, 0.15) is 0 Å². The van der Waals surface area contributed by atoms with Crippen molar-refractivity contribution in [2.24, 2.45) is 5.92 Å². The van der Waals surface area contributed by atoms with E-state index in [1.54, 1.807) is 12.3 Å². The van der Waals surface area contributed by atoms with Gasteiger partial charge in [0.25, 0.3) is 0 Å². The van der Waals surface area contributed by atoms with Crippen LogP contribution in [0.2, 0.25) is 10.0 Å². The molecule has 1 aliphatic carbocycles. The fourth-order valence-corrected chi connectivity index (χ4v) is 2.77. The second-order valence-electron chi connectivity index (χ2n) is 5.36. The van der Waals surface area contributed by atoms with E-state index >= 15 is 0 Å². The van der Waals surface area contributed by atoms with Crippen LogP contribution in [-0.4, -0.2) is 16.1 Å². The molecule has 0 radical (unpaired) electrons. The second kappa shape index (κ2) is 5.70. The monoisotopic (exact) mass is 323 g/mol. The lowest BCUT2D eigenvalue weighted by Gasteiger charge is -2.05. The topological polar surface area (TPSA) is 57.8 Å². The third-order valence-corrected chi connectivity index (χ3v) is 4.63. The third-order valence-electron chi connectivity index (χ3n) is 3.89. The number of aromatic amines is 1. The molecule has 1 aliphatic rings. The second-order valence-corrected chi connectivity index (χ2v) is 6.17. The Morgan fingerprint density at radius 2 is 2.24 bits per heavy atom. The van der Waals surface area contributed by atoms with Crippen molar-refractivity contribution in [2.45, 2.75) is 25.8 Å². The van der Waals surface area contributed by atoms with Gasteiger partial charge < -0.3 is 5.32 Å². The van der Waals surface area contributed by atoms with Crippen molar-refractivity contribution in [3.05, 3.63) is 51.3 Å². The maximum Gasteiger partial charge on any atom is 0.224 e. The summed E-state index contributed by atoms with van der Waals surface area (Å²) in [6.45, 7) is 2.44. The zero-order chi connectivity index (χ0) is 15.0. The Morgan fingerprint density at radius 3 is 2.90 bits per heavy atom. The first-order valence-corrected chi connectivity index (χ1v) is 7.53. The number of nitrogens with one attached hydrogen (secondary N) is 2. The molecule has 0 unspecified atom stereocenters. The highest BCUT2D eigenvalue weighted by Gasteiger charge is 2.43. The average molecular weight is 324 g/mol. The van der Waals surface area contributed by atoms with Crippen molar-refractivity contribution >= 4 is 29.1 Å². The van der Waals surface area contributed by atoms with Gasteiger partial charge in [0.15, 0.2) is 0 Å². The number of H-pyrrole nitrogens is 1. The summed E-state index contributed by atoms with van der Waals surface area (Å²) in [4.78, 5) is 12.1. The van der Waals surface area contributed by atoms with Crippen molar-refractivity contribution < 1.29 is 4.79 Å². The molecule has 4 nitrogen and oxygen atoms in total. The fourth-order valence-electron chi connectivity index (χ4n) is 2.46. The number of nitrogens with zero attached hydrogens (tertiary/aromatic N) is 1. The summed E-state index contributed by atoms with van der Waals surface area (Å²) in [5.41, 5.74) is 3.06. The quantitative estimate of drug-likeness (QED) is 0.905. The molecule has 110 valence electrons. The van der Waals surface area contributed by atoms with Gasteiger partial charge in [0.05, 0.1) is 16.2 Å². The number of aryl methyl sites for hydroxylation is 1. The number of rotatable bonds is 4. The normalized spacial score (nSPS) is 20.3. The van der Waals surface area contributed by atoms with Crippen LogP contribution < -0.4 is 5.32 Å². The predicted octanol–water partition coefficient (Wildman–Crippen LogP) is 3.44. The molecule has 2 N–H and O–H groups in total. The number of halogens is 2. The fraction of sp³-hybridized carbons (Fsp3) is 0.333. The molecule has 6 heteroatoms. The number of carbonyl (C=O) groups is 1. The van der Waals surface area contributed by atoms with Crippen LogP contribution in [-0.2, 0) is 11.3 Å². The molecule has 2 atom stereocenters. The maximum absolute atomic E-state index is 12.1.